The Morgan fingerprint density at radius 3 is 3.00 bits per heavy atom. The van der Waals surface area contributed by atoms with Crippen LogP contribution in [0, 0.1) is 6.92 Å². The Labute approximate surface area is 90.8 Å². The molecule has 15 heavy (non-hydrogen) atoms. The molecule has 0 bridgehead atoms. The summed E-state index contributed by atoms with van der Waals surface area (Å²) in [5.74, 6) is -0.894. The molecule has 0 unspecified atom stereocenters. The van der Waals surface area contributed by atoms with Crippen LogP contribution in [-0.2, 0) is 6.54 Å². The van der Waals surface area contributed by atoms with Gasteiger partial charge in [0, 0.05) is 23.5 Å². The van der Waals surface area contributed by atoms with Gasteiger partial charge in [-0.05, 0) is 13.0 Å². The number of thiazole rings is 1. The number of aromatic carboxylic acids is 1. The van der Waals surface area contributed by atoms with Crippen molar-refractivity contribution in [1.82, 2.24) is 9.55 Å². The highest BCUT2D eigenvalue weighted by molar-refractivity contribution is 7.11. The SMILES string of the molecule is Cc1ncc(Cn2ccc(C(=O)O)c2)s1. The van der Waals surface area contributed by atoms with Crippen molar-refractivity contribution in [3.05, 3.63) is 40.1 Å². The van der Waals surface area contributed by atoms with Gasteiger partial charge < -0.3 is 9.67 Å². The number of hydrogen-bond donors (Lipinski definition) is 1. The van der Waals surface area contributed by atoms with Crippen molar-refractivity contribution in [3.8, 4) is 0 Å². The average Bonchev–Trinajstić information content (AvgIpc) is 2.76. The summed E-state index contributed by atoms with van der Waals surface area (Å²) in [6, 6.07) is 1.59. The van der Waals surface area contributed by atoms with Crippen molar-refractivity contribution in [1.29, 1.82) is 0 Å². The number of hydrogen-bond acceptors (Lipinski definition) is 3. The summed E-state index contributed by atoms with van der Waals surface area (Å²) in [5, 5.41) is 9.77. The molecule has 0 atom stereocenters. The third kappa shape index (κ3) is 2.24. The van der Waals surface area contributed by atoms with Gasteiger partial charge in [0.15, 0.2) is 0 Å². The van der Waals surface area contributed by atoms with Gasteiger partial charge in [0.1, 0.15) is 0 Å². The molecule has 0 aliphatic rings. The van der Waals surface area contributed by atoms with Crippen LogP contribution in [0.2, 0.25) is 0 Å². The largest absolute Gasteiger partial charge is 0.478 e. The summed E-state index contributed by atoms with van der Waals surface area (Å²) < 4.78 is 1.84. The average molecular weight is 222 g/mol. The number of aryl methyl sites for hydroxylation is 1. The molecule has 0 aliphatic heterocycles. The van der Waals surface area contributed by atoms with E-state index in [0.29, 0.717) is 12.1 Å². The van der Waals surface area contributed by atoms with E-state index in [4.69, 9.17) is 5.11 Å². The van der Waals surface area contributed by atoms with Crippen molar-refractivity contribution in [2.24, 2.45) is 0 Å². The van der Waals surface area contributed by atoms with Crippen LogP contribution in [0.5, 0.6) is 0 Å². The summed E-state index contributed by atoms with van der Waals surface area (Å²) in [5.41, 5.74) is 0.316. The highest BCUT2D eigenvalue weighted by atomic mass is 32.1. The van der Waals surface area contributed by atoms with Crippen molar-refractivity contribution in [3.63, 3.8) is 0 Å². The number of aromatic nitrogens is 2. The number of rotatable bonds is 3. The molecule has 0 saturated heterocycles. The van der Waals surface area contributed by atoms with Crippen LogP contribution in [0.4, 0.5) is 0 Å². The maximum atomic E-state index is 10.6. The third-order valence-electron chi connectivity index (χ3n) is 2.00. The molecule has 2 rings (SSSR count). The predicted octanol–water partition coefficient (Wildman–Crippen LogP) is 2.00. The minimum absolute atomic E-state index is 0.316. The molecule has 0 radical (unpaired) electrons. The molecule has 5 heteroatoms. The minimum atomic E-state index is -0.894. The van der Waals surface area contributed by atoms with Crippen molar-refractivity contribution >= 4 is 17.3 Å². The second kappa shape index (κ2) is 3.86. The van der Waals surface area contributed by atoms with E-state index >= 15 is 0 Å². The maximum absolute atomic E-state index is 10.6. The standard InChI is InChI=1S/C10H10N2O2S/c1-7-11-4-9(15-7)6-12-3-2-8(5-12)10(13)14/h2-5H,6H2,1H3,(H,13,14). The van der Waals surface area contributed by atoms with E-state index in [9.17, 15) is 4.79 Å². The van der Waals surface area contributed by atoms with Gasteiger partial charge in [0.2, 0.25) is 0 Å². The number of carboxylic acids is 1. The lowest BCUT2D eigenvalue weighted by molar-refractivity contribution is 0.0697. The van der Waals surface area contributed by atoms with Gasteiger partial charge in [0.25, 0.3) is 0 Å². The van der Waals surface area contributed by atoms with Gasteiger partial charge in [-0.3, -0.25) is 0 Å². The molecule has 0 aliphatic carbocycles. The minimum Gasteiger partial charge on any atom is -0.478 e. The quantitative estimate of drug-likeness (QED) is 0.864. The second-order valence-corrected chi connectivity index (χ2v) is 4.54. The van der Waals surface area contributed by atoms with E-state index in [-0.39, 0.29) is 0 Å². The van der Waals surface area contributed by atoms with Gasteiger partial charge >= 0.3 is 5.97 Å². The molecule has 0 saturated carbocycles. The zero-order chi connectivity index (χ0) is 10.8. The van der Waals surface area contributed by atoms with E-state index in [0.717, 1.165) is 9.88 Å². The van der Waals surface area contributed by atoms with Crippen LogP contribution in [0.25, 0.3) is 0 Å². The van der Waals surface area contributed by atoms with Gasteiger partial charge in [-0.25, -0.2) is 9.78 Å². The zero-order valence-corrected chi connectivity index (χ0v) is 8.99. The molecule has 0 aromatic carbocycles. The van der Waals surface area contributed by atoms with Crippen LogP contribution >= 0.6 is 11.3 Å². The third-order valence-corrected chi connectivity index (χ3v) is 2.90. The van der Waals surface area contributed by atoms with Crippen LogP contribution in [0.3, 0.4) is 0 Å². The smallest absolute Gasteiger partial charge is 0.337 e. The number of carbonyl (C=O) groups is 1. The molecule has 2 aromatic rings. The topological polar surface area (TPSA) is 55.1 Å². The fourth-order valence-corrected chi connectivity index (χ4v) is 2.13. The first kappa shape index (κ1) is 9.92. The Balaban J connectivity index is 2.14. The molecule has 78 valence electrons. The Morgan fingerprint density at radius 2 is 2.47 bits per heavy atom. The molecule has 4 nitrogen and oxygen atoms in total. The van der Waals surface area contributed by atoms with Gasteiger partial charge in [-0.15, -0.1) is 11.3 Å². The van der Waals surface area contributed by atoms with Crippen LogP contribution in [0.1, 0.15) is 20.2 Å². The lowest BCUT2D eigenvalue weighted by atomic mass is 10.4. The van der Waals surface area contributed by atoms with Gasteiger partial charge in [0.05, 0.1) is 17.1 Å². The molecular weight excluding hydrogens is 212 g/mol. The Hall–Kier alpha value is -1.62. The number of carboxylic acid groups (broad SMARTS) is 1. The molecular formula is C10H10N2O2S. The maximum Gasteiger partial charge on any atom is 0.337 e. The van der Waals surface area contributed by atoms with E-state index in [2.05, 4.69) is 4.98 Å². The highest BCUT2D eigenvalue weighted by Crippen LogP contribution is 2.13. The van der Waals surface area contributed by atoms with Crippen LogP contribution in [0.15, 0.2) is 24.7 Å². The van der Waals surface area contributed by atoms with Crippen LogP contribution in [-0.4, -0.2) is 20.6 Å². The summed E-state index contributed by atoms with van der Waals surface area (Å²) in [7, 11) is 0. The van der Waals surface area contributed by atoms with E-state index < -0.39 is 5.97 Å². The summed E-state index contributed by atoms with van der Waals surface area (Å²) in [4.78, 5) is 15.9. The molecule has 0 fully saturated rings. The second-order valence-electron chi connectivity index (χ2n) is 3.22. The van der Waals surface area contributed by atoms with E-state index in [1.165, 1.54) is 0 Å². The Morgan fingerprint density at radius 1 is 1.67 bits per heavy atom. The Kier molecular flexibility index (Phi) is 2.55. The van der Waals surface area contributed by atoms with Gasteiger partial charge in [-0.2, -0.15) is 0 Å². The van der Waals surface area contributed by atoms with Gasteiger partial charge in [-0.1, -0.05) is 0 Å². The zero-order valence-electron chi connectivity index (χ0n) is 8.17. The Bertz CT molecular complexity index is 487. The summed E-state index contributed by atoms with van der Waals surface area (Å²) >= 11 is 1.62. The highest BCUT2D eigenvalue weighted by Gasteiger charge is 2.05. The lowest BCUT2D eigenvalue weighted by Crippen LogP contribution is -1.96. The fraction of sp³-hybridized carbons (Fsp3) is 0.200. The van der Waals surface area contributed by atoms with Crippen LogP contribution < -0.4 is 0 Å². The first-order valence-corrected chi connectivity index (χ1v) is 5.27. The molecule has 2 aromatic heterocycles. The number of nitrogens with zero attached hydrogens (tertiary/aromatic N) is 2. The predicted molar refractivity (Wildman–Crippen MR) is 57.3 cm³/mol. The summed E-state index contributed by atoms with van der Waals surface area (Å²) in [6.07, 6.45) is 5.20. The van der Waals surface area contributed by atoms with Crippen molar-refractivity contribution < 1.29 is 9.90 Å². The molecule has 0 amide bonds. The van der Waals surface area contributed by atoms with E-state index in [1.807, 2.05) is 17.7 Å². The fourth-order valence-electron chi connectivity index (χ4n) is 1.32. The first-order valence-electron chi connectivity index (χ1n) is 4.45. The van der Waals surface area contributed by atoms with Crippen molar-refractivity contribution in [2.45, 2.75) is 13.5 Å². The lowest BCUT2D eigenvalue weighted by Gasteiger charge is -1.97. The molecule has 2 heterocycles. The molecule has 0 spiro atoms. The summed E-state index contributed by atoms with van der Waals surface area (Å²) in [6.45, 7) is 2.63. The normalized spacial score (nSPS) is 10.5. The first-order chi connectivity index (χ1) is 7.15. The van der Waals surface area contributed by atoms with Crippen molar-refractivity contribution in [2.75, 3.05) is 0 Å². The monoisotopic (exact) mass is 222 g/mol. The van der Waals surface area contributed by atoms with E-state index in [1.54, 1.807) is 29.8 Å². The molecule has 1 N–H and O–H groups in total.